The predicted molar refractivity (Wildman–Crippen MR) is 114 cm³/mol. The Kier molecular flexibility index (Phi) is 6.18. The lowest BCUT2D eigenvalue weighted by Gasteiger charge is -2.34. The van der Waals surface area contributed by atoms with Gasteiger partial charge in [0.15, 0.2) is 5.69 Å². The van der Waals surface area contributed by atoms with Crippen molar-refractivity contribution in [2.45, 2.75) is 6.54 Å². The van der Waals surface area contributed by atoms with Gasteiger partial charge in [-0.25, -0.2) is 9.07 Å². The molecule has 7 nitrogen and oxygen atoms in total. The van der Waals surface area contributed by atoms with E-state index in [1.165, 1.54) is 10.7 Å². The Morgan fingerprint density at radius 3 is 2.52 bits per heavy atom. The van der Waals surface area contributed by atoms with Crippen molar-refractivity contribution in [3.8, 4) is 17.2 Å². The van der Waals surface area contributed by atoms with E-state index in [9.17, 15) is 9.18 Å². The largest absolute Gasteiger partial charge is 0.497 e. The van der Waals surface area contributed by atoms with Gasteiger partial charge in [-0.3, -0.25) is 9.69 Å². The van der Waals surface area contributed by atoms with Gasteiger partial charge in [-0.2, -0.15) is 5.10 Å². The second-order valence-corrected chi connectivity index (χ2v) is 7.34. The van der Waals surface area contributed by atoms with Crippen molar-refractivity contribution in [1.82, 2.24) is 19.6 Å². The zero-order chi connectivity index (χ0) is 21.8. The molecule has 0 unspecified atom stereocenters. The minimum absolute atomic E-state index is 0.145. The molecule has 0 atom stereocenters. The lowest BCUT2D eigenvalue weighted by atomic mass is 10.1. The molecule has 1 aliphatic rings. The van der Waals surface area contributed by atoms with E-state index in [1.54, 1.807) is 49.6 Å². The molecule has 1 aromatic heterocycles. The van der Waals surface area contributed by atoms with Crippen LogP contribution in [0.1, 0.15) is 16.1 Å². The number of carbonyl (C=O) groups excluding carboxylic acids is 1. The van der Waals surface area contributed by atoms with Gasteiger partial charge in [0.1, 0.15) is 23.0 Å². The van der Waals surface area contributed by atoms with Gasteiger partial charge in [-0.05, 0) is 36.4 Å². The van der Waals surface area contributed by atoms with Crippen LogP contribution in [-0.4, -0.2) is 65.9 Å². The fourth-order valence-electron chi connectivity index (χ4n) is 3.73. The minimum Gasteiger partial charge on any atom is -0.497 e. The molecule has 1 fully saturated rings. The van der Waals surface area contributed by atoms with Crippen LogP contribution in [0.15, 0.2) is 54.7 Å². The minimum atomic E-state index is -0.383. The average molecular weight is 424 g/mol. The third-order valence-electron chi connectivity index (χ3n) is 5.45. The van der Waals surface area contributed by atoms with Gasteiger partial charge in [0.05, 0.1) is 14.2 Å². The summed E-state index contributed by atoms with van der Waals surface area (Å²) >= 11 is 0. The van der Waals surface area contributed by atoms with Gasteiger partial charge in [0.2, 0.25) is 0 Å². The first-order chi connectivity index (χ1) is 15.1. The highest BCUT2D eigenvalue weighted by atomic mass is 19.1. The standard InChI is InChI=1S/C23H25FN4O3/c1-30-18-7-8-22(31-2)17(15-18)16-26-11-13-27(14-12-26)23(29)20-9-10-28(25-20)21-6-4-3-5-19(21)24/h3-10,15H,11-14,16H2,1-2H3. The van der Waals surface area contributed by atoms with Gasteiger partial charge < -0.3 is 14.4 Å². The fourth-order valence-corrected chi connectivity index (χ4v) is 3.73. The molecule has 0 radical (unpaired) electrons. The molecule has 1 saturated heterocycles. The molecule has 0 aliphatic carbocycles. The van der Waals surface area contributed by atoms with E-state index >= 15 is 0 Å². The third-order valence-corrected chi connectivity index (χ3v) is 5.45. The monoisotopic (exact) mass is 424 g/mol. The Hall–Kier alpha value is -3.39. The van der Waals surface area contributed by atoms with Crippen molar-refractivity contribution in [3.05, 3.63) is 71.8 Å². The van der Waals surface area contributed by atoms with Crippen molar-refractivity contribution in [1.29, 1.82) is 0 Å². The van der Waals surface area contributed by atoms with E-state index in [2.05, 4.69) is 10.00 Å². The van der Waals surface area contributed by atoms with Gasteiger partial charge in [0.25, 0.3) is 5.91 Å². The van der Waals surface area contributed by atoms with Gasteiger partial charge in [0, 0.05) is 44.5 Å². The van der Waals surface area contributed by atoms with Crippen molar-refractivity contribution in [2.24, 2.45) is 0 Å². The molecule has 1 amide bonds. The molecule has 1 aliphatic heterocycles. The number of carbonyl (C=O) groups is 1. The number of hydrogen-bond donors (Lipinski definition) is 0. The van der Waals surface area contributed by atoms with Gasteiger partial charge in [-0.1, -0.05) is 12.1 Å². The number of methoxy groups -OCH3 is 2. The number of piperazine rings is 1. The summed E-state index contributed by atoms with van der Waals surface area (Å²) in [5, 5.41) is 4.29. The van der Waals surface area contributed by atoms with E-state index in [0.29, 0.717) is 31.0 Å². The molecule has 4 rings (SSSR count). The number of ether oxygens (including phenoxy) is 2. The van der Waals surface area contributed by atoms with Crippen molar-refractivity contribution in [3.63, 3.8) is 0 Å². The van der Waals surface area contributed by atoms with Crippen LogP contribution in [0.5, 0.6) is 11.5 Å². The Morgan fingerprint density at radius 2 is 1.81 bits per heavy atom. The molecule has 0 spiro atoms. The number of nitrogens with zero attached hydrogens (tertiary/aromatic N) is 4. The van der Waals surface area contributed by atoms with Crippen LogP contribution in [0.25, 0.3) is 5.69 Å². The van der Waals surface area contributed by atoms with Crippen LogP contribution in [0.4, 0.5) is 4.39 Å². The Morgan fingerprint density at radius 1 is 1.03 bits per heavy atom. The number of halogens is 1. The highest BCUT2D eigenvalue weighted by molar-refractivity contribution is 5.92. The van der Waals surface area contributed by atoms with Gasteiger partial charge in [-0.15, -0.1) is 0 Å². The van der Waals surface area contributed by atoms with Crippen molar-refractivity contribution in [2.75, 3.05) is 40.4 Å². The summed E-state index contributed by atoms with van der Waals surface area (Å²) in [5.74, 6) is 1.08. The molecule has 0 bridgehead atoms. The summed E-state index contributed by atoms with van der Waals surface area (Å²) in [6.07, 6.45) is 1.61. The first-order valence-electron chi connectivity index (χ1n) is 10.1. The number of aromatic nitrogens is 2. The summed E-state index contributed by atoms with van der Waals surface area (Å²) in [7, 11) is 3.30. The zero-order valence-electron chi connectivity index (χ0n) is 17.6. The van der Waals surface area contributed by atoms with Crippen LogP contribution < -0.4 is 9.47 Å². The van der Waals surface area contributed by atoms with Crippen LogP contribution in [0.2, 0.25) is 0 Å². The molecular formula is C23H25FN4O3. The summed E-state index contributed by atoms with van der Waals surface area (Å²) in [6.45, 7) is 3.37. The average Bonchev–Trinajstić information content (AvgIpc) is 3.29. The molecule has 31 heavy (non-hydrogen) atoms. The van der Waals surface area contributed by atoms with Crippen molar-refractivity contribution >= 4 is 5.91 Å². The molecule has 2 aromatic carbocycles. The number of hydrogen-bond acceptors (Lipinski definition) is 5. The predicted octanol–water partition coefficient (Wildman–Crippen LogP) is 2.99. The number of amides is 1. The van der Waals surface area contributed by atoms with Crippen LogP contribution in [0.3, 0.4) is 0 Å². The molecule has 162 valence electrons. The second kappa shape index (κ2) is 9.18. The van der Waals surface area contributed by atoms with E-state index in [-0.39, 0.29) is 11.7 Å². The van der Waals surface area contributed by atoms with E-state index in [1.807, 2.05) is 18.2 Å². The number of benzene rings is 2. The molecule has 8 heteroatoms. The first kappa shape index (κ1) is 20.9. The Labute approximate surface area is 180 Å². The van der Waals surface area contributed by atoms with Crippen LogP contribution >= 0.6 is 0 Å². The number of para-hydroxylation sites is 1. The SMILES string of the molecule is COc1ccc(OC)c(CN2CCN(C(=O)c3ccn(-c4ccccc4F)n3)CC2)c1. The second-order valence-electron chi connectivity index (χ2n) is 7.34. The molecule has 3 aromatic rings. The molecule has 0 N–H and O–H groups in total. The summed E-state index contributed by atoms with van der Waals surface area (Å²) < 4.78 is 26.2. The fraction of sp³-hybridized carbons (Fsp3) is 0.304. The maximum atomic E-state index is 14.0. The van der Waals surface area contributed by atoms with Gasteiger partial charge >= 0.3 is 0 Å². The smallest absolute Gasteiger partial charge is 0.274 e. The molecule has 0 saturated carbocycles. The normalized spacial score (nSPS) is 14.5. The maximum absolute atomic E-state index is 14.0. The van der Waals surface area contributed by atoms with E-state index in [0.717, 1.165) is 30.2 Å². The molecule has 2 heterocycles. The van der Waals surface area contributed by atoms with E-state index < -0.39 is 0 Å². The quantitative estimate of drug-likeness (QED) is 0.609. The topological polar surface area (TPSA) is 59.8 Å². The summed E-state index contributed by atoms with van der Waals surface area (Å²) in [4.78, 5) is 16.9. The lowest BCUT2D eigenvalue weighted by molar-refractivity contribution is 0.0621. The van der Waals surface area contributed by atoms with Crippen molar-refractivity contribution < 1.29 is 18.7 Å². The summed E-state index contributed by atoms with van der Waals surface area (Å²) in [5.41, 5.74) is 1.68. The highest BCUT2D eigenvalue weighted by Gasteiger charge is 2.24. The lowest BCUT2D eigenvalue weighted by Crippen LogP contribution is -2.48. The Balaban J connectivity index is 1.38. The number of rotatable bonds is 6. The van der Waals surface area contributed by atoms with E-state index in [4.69, 9.17) is 9.47 Å². The molecular weight excluding hydrogens is 399 g/mol. The van der Waals surface area contributed by atoms with Crippen LogP contribution in [-0.2, 0) is 6.54 Å². The Bertz CT molecular complexity index is 1060. The van der Waals surface area contributed by atoms with Crippen LogP contribution in [0, 0.1) is 5.82 Å². The highest BCUT2D eigenvalue weighted by Crippen LogP contribution is 2.25. The third kappa shape index (κ3) is 4.54. The zero-order valence-corrected chi connectivity index (χ0v) is 17.6. The summed E-state index contributed by atoms with van der Waals surface area (Å²) in [6, 6.07) is 13.7. The maximum Gasteiger partial charge on any atom is 0.274 e. The first-order valence-corrected chi connectivity index (χ1v) is 10.1.